The molecule has 0 bridgehead atoms. The Balaban J connectivity index is 1.45. The minimum absolute atomic E-state index is 0.228. The van der Waals surface area contributed by atoms with Crippen LogP contribution in [0.25, 0.3) is 0 Å². The number of nitrogens with zero attached hydrogens (tertiary/aromatic N) is 2. The van der Waals surface area contributed by atoms with E-state index in [1.807, 2.05) is 12.1 Å². The molecule has 0 radical (unpaired) electrons. The Morgan fingerprint density at radius 3 is 2.71 bits per heavy atom. The van der Waals surface area contributed by atoms with Gasteiger partial charge in [-0.3, -0.25) is 4.79 Å². The lowest BCUT2D eigenvalue weighted by atomic mass is 9.84. The largest absolute Gasteiger partial charge is 0.372 e. The van der Waals surface area contributed by atoms with Crippen LogP contribution in [0.15, 0.2) is 24.3 Å². The van der Waals surface area contributed by atoms with E-state index in [1.165, 1.54) is 31.4 Å². The van der Waals surface area contributed by atoms with Crippen LogP contribution in [0, 0.1) is 11.8 Å². The van der Waals surface area contributed by atoms with Crippen molar-refractivity contribution in [2.24, 2.45) is 11.8 Å². The summed E-state index contributed by atoms with van der Waals surface area (Å²) in [4.78, 5) is 17.5. The van der Waals surface area contributed by atoms with Gasteiger partial charge < -0.3 is 15.1 Å². The van der Waals surface area contributed by atoms with Gasteiger partial charge in [-0.15, -0.1) is 0 Å². The van der Waals surface area contributed by atoms with E-state index in [9.17, 15) is 4.79 Å². The second-order valence-corrected chi connectivity index (χ2v) is 7.65. The van der Waals surface area contributed by atoms with E-state index >= 15 is 0 Å². The number of anilines is 1. The van der Waals surface area contributed by atoms with Crippen molar-refractivity contribution in [3.63, 3.8) is 0 Å². The standard InChI is InChI=1S/C20H29N3O/c24-20(16-5-3-7-19(13-16)22-10-1-2-11-22)23-12-4-6-18(15-23)17-8-9-21-14-17/h3,5,7,13,17-18,21H,1-2,4,6,8-12,14-15H2. The average molecular weight is 327 g/mol. The lowest BCUT2D eigenvalue weighted by molar-refractivity contribution is 0.0634. The molecule has 1 amide bonds. The van der Waals surface area contributed by atoms with Gasteiger partial charge in [-0.05, 0) is 75.2 Å². The third-order valence-corrected chi connectivity index (χ3v) is 6.07. The van der Waals surface area contributed by atoms with Crippen LogP contribution in [0.5, 0.6) is 0 Å². The van der Waals surface area contributed by atoms with Gasteiger partial charge in [0.25, 0.3) is 5.91 Å². The van der Waals surface area contributed by atoms with Gasteiger partial charge in [0.15, 0.2) is 0 Å². The molecule has 2 unspecified atom stereocenters. The number of benzene rings is 1. The predicted octanol–water partition coefficient (Wildman–Crippen LogP) is 2.75. The predicted molar refractivity (Wildman–Crippen MR) is 97.5 cm³/mol. The third-order valence-electron chi connectivity index (χ3n) is 6.07. The summed E-state index contributed by atoms with van der Waals surface area (Å²) in [6.45, 7) is 6.39. The van der Waals surface area contributed by atoms with Crippen LogP contribution in [0.1, 0.15) is 42.5 Å². The van der Waals surface area contributed by atoms with Crippen molar-refractivity contribution < 1.29 is 4.79 Å². The fourth-order valence-electron chi connectivity index (χ4n) is 4.65. The maximum Gasteiger partial charge on any atom is 0.253 e. The Hall–Kier alpha value is -1.55. The van der Waals surface area contributed by atoms with Crippen molar-refractivity contribution in [1.29, 1.82) is 0 Å². The zero-order chi connectivity index (χ0) is 16.4. The monoisotopic (exact) mass is 327 g/mol. The number of carbonyl (C=O) groups is 1. The van der Waals surface area contributed by atoms with Gasteiger partial charge in [0.1, 0.15) is 0 Å². The normalized spacial score (nSPS) is 27.7. The number of hydrogen-bond acceptors (Lipinski definition) is 3. The lowest BCUT2D eigenvalue weighted by Crippen LogP contribution is -2.42. The molecule has 3 aliphatic rings. The van der Waals surface area contributed by atoms with Crippen LogP contribution >= 0.6 is 0 Å². The number of likely N-dealkylation sites (tertiary alicyclic amines) is 1. The highest BCUT2D eigenvalue weighted by molar-refractivity contribution is 5.95. The van der Waals surface area contributed by atoms with E-state index in [-0.39, 0.29) is 5.91 Å². The van der Waals surface area contributed by atoms with Gasteiger partial charge in [0.05, 0.1) is 0 Å². The summed E-state index contributed by atoms with van der Waals surface area (Å²) < 4.78 is 0. The Labute approximate surface area is 145 Å². The van der Waals surface area contributed by atoms with Crippen molar-refractivity contribution >= 4 is 11.6 Å². The van der Waals surface area contributed by atoms with E-state index in [1.54, 1.807) is 0 Å². The van der Waals surface area contributed by atoms with Crippen molar-refractivity contribution in [2.75, 3.05) is 44.2 Å². The third kappa shape index (κ3) is 3.30. The first-order valence-corrected chi connectivity index (χ1v) is 9.66. The van der Waals surface area contributed by atoms with Crippen molar-refractivity contribution in [1.82, 2.24) is 10.2 Å². The molecule has 3 fully saturated rings. The second kappa shape index (κ2) is 7.14. The number of piperidine rings is 1. The zero-order valence-corrected chi connectivity index (χ0v) is 14.5. The molecule has 0 aliphatic carbocycles. The van der Waals surface area contributed by atoms with Crippen LogP contribution in [0.3, 0.4) is 0 Å². The van der Waals surface area contributed by atoms with E-state index in [4.69, 9.17) is 0 Å². The minimum atomic E-state index is 0.228. The Bertz CT molecular complexity index is 576. The minimum Gasteiger partial charge on any atom is -0.372 e. The Kier molecular flexibility index (Phi) is 4.74. The van der Waals surface area contributed by atoms with Gasteiger partial charge >= 0.3 is 0 Å². The smallest absolute Gasteiger partial charge is 0.253 e. The fourth-order valence-corrected chi connectivity index (χ4v) is 4.65. The van der Waals surface area contributed by atoms with Crippen molar-refractivity contribution in [2.45, 2.75) is 32.1 Å². The highest BCUT2D eigenvalue weighted by Gasteiger charge is 2.31. The summed E-state index contributed by atoms with van der Waals surface area (Å²) in [5, 5.41) is 3.48. The molecule has 1 aromatic rings. The van der Waals surface area contributed by atoms with E-state index in [0.717, 1.165) is 57.2 Å². The molecule has 24 heavy (non-hydrogen) atoms. The highest BCUT2D eigenvalue weighted by atomic mass is 16.2. The lowest BCUT2D eigenvalue weighted by Gasteiger charge is -2.35. The maximum atomic E-state index is 13.0. The van der Waals surface area contributed by atoms with Gasteiger partial charge in [0, 0.05) is 37.4 Å². The molecule has 0 saturated carbocycles. The van der Waals surface area contributed by atoms with Crippen LogP contribution in [0.2, 0.25) is 0 Å². The number of rotatable bonds is 3. The van der Waals surface area contributed by atoms with E-state index in [2.05, 4.69) is 27.2 Å². The van der Waals surface area contributed by atoms with Gasteiger partial charge in [-0.25, -0.2) is 0 Å². The summed E-state index contributed by atoms with van der Waals surface area (Å²) in [5.41, 5.74) is 2.08. The number of amides is 1. The van der Waals surface area contributed by atoms with Crippen molar-refractivity contribution in [3.05, 3.63) is 29.8 Å². The number of carbonyl (C=O) groups excluding carboxylic acids is 1. The molecular weight excluding hydrogens is 298 g/mol. The van der Waals surface area contributed by atoms with Gasteiger partial charge in [-0.1, -0.05) is 6.07 Å². The second-order valence-electron chi connectivity index (χ2n) is 7.65. The van der Waals surface area contributed by atoms with Crippen LogP contribution in [0.4, 0.5) is 5.69 Å². The molecule has 4 nitrogen and oxygen atoms in total. The van der Waals surface area contributed by atoms with Crippen molar-refractivity contribution in [3.8, 4) is 0 Å². The molecule has 130 valence electrons. The number of nitrogens with one attached hydrogen (secondary N) is 1. The SMILES string of the molecule is O=C(c1cccc(N2CCCC2)c1)N1CCCC(C2CCNC2)C1. The topological polar surface area (TPSA) is 35.6 Å². The first-order chi connectivity index (χ1) is 11.8. The molecule has 4 rings (SSSR count). The molecule has 3 saturated heterocycles. The molecule has 3 heterocycles. The molecule has 3 aliphatic heterocycles. The Morgan fingerprint density at radius 1 is 1.04 bits per heavy atom. The van der Waals surface area contributed by atoms with Gasteiger partial charge in [0.2, 0.25) is 0 Å². The first-order valence-electron chi connectivity index (χ1n) is 9.66. The average Bonchev–Trinajstić information content (AvgIpc) is 3.35. The summed E-state index contributed by atoms with van der Waals surface area (Å²) in [5.74, 6) is 1.67. The maximum absolute atomic E-state index is 13.0. The Morgan fingerprint density at radius 2 is 1.92 bits per heavy atom. The molecule has 0 aromatic heterocycles. The van der Waals surface area contributed by atoms with Crippen LogP contribution in [-0.4, -0.2) is 50.1 Å². The highest BCUT2D eigenvalue weighted by Crippen LogP contribution is 2.29. The molecule has 1 N–H and O–H groups in total. The zero-order valence-electron chi connectivity index (χ0n) is 14.5. The molecule has 1 aromatic carbocycles. The molecule has 4 heteroatoms. The van der Waals surface area contributed by atoms with E-state index in [0.29, 0.717) is 5.92 Å². The summed E-state index contributed by atoms with van der Waals surface area (Å²) in [7, 11) is 0. The van der Waals surface area contributed by atoms with E-state index < -0.39 is 0 Å². The summed E-state index contributed by atoms with van der Waals surface area (Å²) in [6.07, 6.45) is 6.24. The van der Waals surface area contributed by atoms with Gasteiger partial charge in [-0.2, -0.15) is 0 Å². The first kappa shape index (κ1) is 15.9. The van der Waals surface area contributed by atoms with Crippen LogP contribution < -0.4 is 10.2 Å². The van der Waals surface area contributed by atoms with Crippen LogP contribution in [-0.2, 0) is 0 Å². The summed E-state index contributed by atoms with van der Waals surface area (Å²) >= 11 is 0. The fraction of sp³-hybridized carbons (Fsp3) is 0.650. The number of hydrogen-bond donors (Lipinski definition) is 1. The summed E-state index contributed by atoms with van der Waals surface area (Å²) in [6, 6.07) is 8.28. The quantitative estimate of drug-likeness (QED) is 0.927. The molecular formula is C20H29N3O. The molecule has 0 spiro atoms. The molecule has 2 atom stereocenters.